The van der Waals surface area contributed by atoms with E-state index in [1.807, 2.05) is 4.90 Å². The van der Waals surface area contributed by atoms with Crippen LogP contribution in [0.15, 0.2) is 0 Å². The fourth-order valence-corrected chi connectivity index (χ4v) is 3.47. The maximum atomic E-state index is 11.3. The van der Waals surface area contributed by atoms with Gasteiger partial charge in [-0.15, -0.1) is 0 Å². The maximum absolute atomic E-state index is 11.3. The number of carboxylic acids is 1. The van der Waals surface area contributed by atoms with Crippen LogP contribution >= 0.6 is 0 Å². The van der Waals surface area contributed by atoms with E-state index in [0.29, 0.717) is 11.8 Å². The quantitative estimate of drug-likeness (QED) is 0.769. The van der Waals surface area contributed by atoms with E-state index < -0.39 is 12.0 Å². The molecule has 1 unspecified atom stereocenters. The number of carbonyl (C=O) groups excluding carboxylic acids is 1. The second-order valence-electron chi connectivity index (χ2n) is 5.93. The third-order valence-corrected chi connectivity index (χ3v) is 4.57. The minimum Gasteiger partial charge on any atom is -0.480 e. The molecule has 0 aromatic carbocycles. The highest BCUT2D eigenvalue weighted by Crippen LogP contribution is 2.44. The van der Waals surface area contributed by atoms with Crippen molar-refractivity contribution in [1.29, 1.82) is 0 Å². The molecule has 19 heavy (non-hydrogen) atoms. The maximum Gasteiger partial charge on any atom is 0.320 e. The molecule has 1 aliphatic heterocycles. The summed E-state index contributed by atoms with van der Waals surface area (Å²) in [6, 6.07) is -0.536. The average Bonchev–Trinajstić information content (AvgIpc) is 2.37. The van der Waals surface area contributed by atoms with Crippen molar-refractivity contribution < 1.29 is 19.4 Å². The molecule has 1 saturated carbocycles. The molecule has 2 fully saturated rings. The molecule has 0 aromatic rings. The van der Waals surface area contributed by atoms with Gasteiger partial charge in [0, 0.05) is 19.5 Å². The van der Waals surface area contributed by atoms with Crippen molar-refractivity contribution >= 4 is 11.9 Å². The van der Waals surface area contributed by atoms with Crippen LogP contribution in [0.2, 0.25) is 0 Å². The molecule has 1 saturated heterocycles. The van der Waals surface area contributed by atoms with Gasteiger partial charge in [0.15, 0.2) is 0 Å². The largest absolute Gasteiger partial charge is 0.480 e. The highest BCUT2D eigenvalue weighted by Gasteiger charge is 2.47. The van der Waals surface area contributed by atoms with Gasteiger partial charge in [0.25, 0.3) is 0 Å². The van der Waals surface area contributed by atoms with Gasteiger partial charge in [0.1, 0.15) is 6.04 Å². The highest BCUT2D eigenvalue weighted by atomic mass is 16.5. The molecule has 1 N–H and O–H groups in total. The highest BCUT2D eigenvalue weighted by molar-refractivity contribution is 5.75. The van der Waals surface area contributed by atoms with Gasteiger partial charge in [0.2, 0.25) is 0 Å². The second kappa shape index (κ2) is 5.90. The van der Waals surface area contributed by atoms with Gasteiger partial charge in [0.05, 0.1) is 7.11 Å². The predicted octanol–water partition coefficient (Wildman–Crippen LogP) is 1.66. The Morgan fingerprint density at radius 3 is 2.42 bits per heavy atom. The molecular weight excluding hydrogens is 246 g/mol. The van der Waals surface area contributed by atoms with Gasteiger partial charge >= 0.3 is 11.9 Å². The SMILES string of the molecule is COC(=O)CCC(C(=O)O)N1CC2(CCCCC2)C1. The second-order valence-corrected chi connectivity index (χ2v) is 5.93. The Morgan fingerprint density at radius 1 is 1.26 bits per heavy atom. The molecule has 0 aromatic heterocycles. The Balaban J connectivity index is 1.84. The molecule has 2 rings (SSSR count). The van der Waals surface area contributed by atoms with Crippen LogP contribution in [0.5, 0.6) is 0 Å². The molecule has 0 amide bonds. The van der Waals surface area contributed by atoms with Gasteiger partial charge in [-0.05, 0) is 24.7 Å². The van der Waals surface area contributed by atoms with Crippen LogP contribution < -0.4 is 0 Å². The number of hydrogen-bond acceptors (Lipinski definition) is 4. The summed E-state index contributed by atoms with van der Waals surface area (Å²) in [4.78, 5) is 24.5. The summed E-state index contributed by atoms with van der Waals surface area (Å²) in [7, 11) is 1.33. The minimum absolute atomic E-state index is 0.178. The minimum atomic E-state index is -0.824. The fourth-order valence-electron chi connectivity index (χ4n) is 3.47. The van der Waals surface area contributed by atoms with Crippen LogP contribution in [-0.2, 0) is 14.3 Å². The van der Waals surface area contributed by atoms with E-state index in [2.05, 4.69) is 4.74 Å². The van der Waals surface area contributed by atoms with Crippen molar-refractivity contribution in [2.45, 2.75) is 51.0 Å². The molecule has 2 aliphatic rings. The van der Waals surface area contributed by atoms with Crippen molar-refractivity contribution in [2.24, 2.45) is 5.41 Å². The van der Waals surface area contributed by atoms with Gasteiger partial charge in [-0.25, -0.2) is 0 Å². The molecule has 0 bridgehead atoms. The van der Waals surface area contributed by atoms with E-state index in [-0.39, 0.29) is 12.4 Å². The van der Waals surface area contributed by atoms with E-state index in [9.17, 15) is 14.7 Å². The number of methoxy groups -OCH3 is 1. The number of likely N-dealkylation sites (tertiary alicyclic amines) is 1. The van der Waals surface area contributed by atoms with E-state index in [1.165, 1.54) is 39.2 Å². The predicted molar refractivity (Wildman–Crippen MR) is 69.8 cm³/mol. The topological polar surface area (TPSA) is 66.8 Å². The Labute approximate surface area is 113 Å². The lowest BCUT2D eigenvalue weighted by Gasteiger charge is -2.54. The third-order valence-electron chi connectivity index (χ3n) is 4.57. The molecular formula is C14H23NO4. The van der Waals surface area contributed by atoms with E-state index in [4.69, 9.17) is 0 Å². The van der Waals surface area contributed by atoms with Gasteiger partial charge in [-0.2, -0.15) is 0 Å². The zero-order valence-electron chi connectivity index (χ0n) is 11.6. The summed E-state index contributed by atoms with van der Waals surface area (Å²) in [5.74, 6) is -1.16. The third kappa shape index (κ3) is 3.26. The van der Waals surface area contributed by atoms with Crippen LogP contribution in [-0.4, -0.2) is 48.2 Å². The van der Waals surface area contributed by atoms with Crippen LogP contribution in [0.4, 0.5) is 0 Å². The number of ether oxygens (including phenoxy) is 1. The molecule has 1 atom stereocenters. The van der Waals surface area contributed by atoms with Crippen LogP contribution in [0.25, 0.3) is 0 Å². The molecule has 1 aliphatic carbocycles. The summed E-state index contributed by atoms with van der Waals surface area (Å²) in [6.07, 6.45) is 6.84. The lowest BCUT2D eigenvalue weighted by Crippen LogP contribution is -2.62. The van der Waals surface area contributed by atoms with Gasteiger partial charge in [-0.3, -0.25) is 14.5 Å². The number of nitrogens with zero attached hydrogens (tertiary/aromatic N) is 1. The summed E-state index contributed by atoms with van der Waals surface area (Å²) in [5.41, 5.74) is 0.372. The summed E-state index contributed by atoms with van der Waals surface area (Å²) in [6.45, 7) is 1.76. The Kier molecular flexibility index (Phi) is 4.45. The number of hydrogen-bond donors (Lipinski definition) is 1. The first-order chi connectivity index (χ1) is 9.06. The number of rotatable bonds is 5. The first-order valence-corrected chi connectivity index (χ1v) is 7.10. The van der Waals surface area contributed by atoms with Crippen LogP contribution in [0.1, 0.15) is 44.9 Å². The molecule has 0 radical (unpaired) electrons. The van der Waals surface area contributed by atoms with Gasteiger partial charge < -0.3 is 9.84 Å². The van der Waals surface area contributed by atoms with Crippen LogP contribution in [0, 0.1) is 5.41 Å². The zero-order chi connectivity index (χ0) is 13.9. The smallest absolute Gasteiger partial charge is 0.320 e. The summed E-state index contributed by atoms with van der Waals surface area (Å²) >= 11 is 0. The summed E-state index contributed by atoms with van der Waals surface area (Å²) < 4.78 is 4.57. The van der Waals surface area contributed by atoms with E-state index >= 15 is 0 Å². The van der Waals surface area contributed by atoms with E-state index in [0.717, 1.165) is 13.1 Å². The van der Waals surface area contributed by atoms with Crippen LogP contribution in [0.3, 0.4) is 0 Å². The van der Waals surface area contributed by atoms with Gasteiger partial charge in [-0.1, -0.05) is 19.3 Å². The molecule has 5 nitrogen and oxygen atoms in total. The number of aliphatic carboxylic acids is 1. The Hall–Kier alpha value is -1.10. The standard InChI is InChI=1S/C14H23NO4/c1-19-12(16)6-5-11(13(17)18)15-9-14(10-15)7-3-2-4-8-14/h11H,2-10H2,1H3,(H,17,18). The molecule has 5 heteroatoms. The Bertz CT molecular complexity index is 341. The summed E-state index contributed by atoms with van der Waals surface area (Å²) in [5, 5.41) is 9.29. The van der Waals surface area contributed by atoms with Crippen molar-refractivity contribution in [1.82, 2.24) is 4.90 Å². The number of esters is 1. The van der Waals surface area contributed by atoms with E-state index in [1.54, 1.807) is 0 Å². The van der Waals surface area contributed by atoms with Crippen molar-refractivity contribution in [3.8, 4) is 0 Å². The number of carbonyl (C=O) groups is 2. The van der Waals surface area contributed by atoms with Crippen molar-refractivity contribution in [3.05, 3.63) is 0 Å². The monoisotopic (exact) mass is 269 g/mol. The van der Waals surface area contributed by atoms with Crippen molar-refractivity contribution in [2.75, 3.05) is 20.2 Å². The van der Waals surface area contributed by atoms with Crippen molar-refractivity contribution in [3.63, 3.8) is 0 Å². The molecule has 108 valence electrons. The normalized spacial score (nSPS) is 23.6. The Morgan fingerprint density at radius 2 is 1.89 bits per heavy atom. The lowest BCUT2D eigenvalue weighted by atomic mass is 9.68. The lowest BCUT2D eigenvalue weighted by molar-refractivity contribution is -0.152. The zero-order valence-corrected chi connectivity index (χ0v) is 11.6. The first kappa shape index (κ1) is 14.3. The fraction of sp³-hybridized carbons (Fsp3) is 0.857. The average molecular weight is 269 g/mol. The molecule has 1 heterocycles. The number of carboxylic acid groups (broad SMARTS) is 1. The molecule has 1 spiro atoms. The first-order valence-electron chi connectivity index (χ1n) is 7.10.